The smallest absolute Gasteiger partial charge is 0.408 e. The number of hydrogen-bond acceptors (Lipinski definition) is 4. The summed E-state index contributed by atoms with van der Waals surface area (Å²) in [6.07, 6.45) is -2.44. The molecule has 19 heavy (non-hydrogen) atoms. The first-order chi connectivity index (χ1) is 8.50. The number of rotatable bonds is 3. The van der Waals surface area contributed by atoms with Gasteiger partial charge in [0.1, 0.15) is 5.60 Å². The van der Waals surface area contributed by atoms with E-state index in [-0.39, 0.29) is 6.61 Å². The summed E-state index contributed by atoms with van der Waals surface area (Å²) in [5.41, 5.74) is -2.45. The molecule has 1 aliphatic carbocycles. The summed E-state index contributed by atoms with van der Waals surface area (Å²) < 4.78 is 35.7. The van der Waals surface area contributed by atoms with Crippen LogP contribution in [-0.2, 0) is 14.3 Å². The number of esters is 1. The van der Waals surface area contributed by atoms with Crippen LogP contribution in [0.25, 0.3) is 0 Å². The zero-order valence-corrected chi connectivity index (χ0v) is 11.5. The lowest BCUT2D eigenvalue weighted by Gasteiger charge is -2.45. The molecule has 0 aromatic carbocycles. The lowest BCUT2D eigenvalue weighted by Crippen LogP contribution is -2.67. The summed E-state index contributed by atoms with van der Waals surface area (Å²) >= 11 is 0. The Balaban J connectivity index is 2.72. The summed E-state index contributed by atoms with van der Waals surface area (Å²) in [4.78, 5) is 23.3. The summed E-state index contributed by atoms with van der Waals surface area (Å²) in [7, 11) is 0. The van der Waals surface area contributed by atoms with Crippen LogP contribution in [0, 0.1) is 0 Å². The van der Waals surface area contributed by atoms with Crippen molar-refractivity contribution in [1.82, 2.24) is 5.32 Å². The van der Waals surface area contributed by atoms with Crippen molar-refractivity contribution in [3.8, 4) is 0 Å². The average molecular weight is 279 g/mol. The summed E-state index contributed by atoms with van der Waals surface area (Å²) in [5.74, 6) is -3.83. The van der Waals surface area contributed by atoms with Gasteiger partial charge in [-0.15, -0.1) is 0 Å². The van der Waals surface area contributed by atoms with Crippen LogP contribution in [0.3, 0.4) is 0 Å². The largest absolute Gasteiger partial charge is 0.464 e. The molecule has 0 aromatic rings. The van der Waals surface area contributed by atoms with E-state index in [1.165, 1.54) is 0 Å². The molecule has 1 aliphatic rings. The average Bonchev–Trinajstić information content (AvgIpc) is 2.11. The zero-order valence-electron chi connectivity index (χ0n) is 11.5. The molecule has 0 radical (unpaired) electrons. The van der Waals surface area contributed by atoms with Crippen molar-refractivity contribution in [2.75, 3.05) is 6.61 Å². The number of carbonyl (C=O) groups is 2. The highest BCUT2D eigenvalue weighted by atomic mass is 19.3. The number of halogens is 2. The zero-order chi connectivity index (χ0) is 14.9. The van der Waals surface area contributed by atoms with E-state index in [1.54, 1.807) is 27.7 Å². The summed E-state index contributed by atoms with van der Waals surface area (Å²) in [5, 5.41) is 2.21. The van der Waals surface area contributed by atoms with Crippen molar-refractivity contribution in [2.45, 2.75) is 57.6 Å². The molecule has 0 atom stereocenters. The molecule has 1 fully saturated rings. The number of alkyl carbamates (subject to hydrolysis) is 1. The fraction of sp³-hybridized carbons (Fsp3) is 0.833. The second-order valence-corrected chi connectivity index (χ2v) is 5.64. The highest BCUT2D eigenvalue weighted by molar-refractivity contribution is 5.87. The second-order valence-electron chi connectivity index (χ2n) is 5.64. The van der Waals surface area contributed by atoms with E-state index in [9.17, 15) is 18.4 Å². The van der Waals surface area contributed by atoms with Gasteiger partial charge in [0, 0.05) is 12.8 Å². The van der Waals surface area contributed by atoms with Gasteiger partial charge in [0.15, 0.2) is 5.54 Å². The van der Waals surface area contributed by atoms with Gasteiger partial charge in [0.2, 0.25) is 0 Å². The molecule has 7 heteroatoms. The van der Waals surface area contributed by atoms with Gasteiger partial charge in [-0.25, -0.2) is 18.4 Å². The molecule has 0 aromatic heterocycles. The van der Waals surface area contributed by atoms with Gasteiger partial charge in [-0.2, -0.15) is 0 Å². The first kappa shape index (κ1) is 15.7. The predicted molar refractivity (Wildman–Crippen MR) is 62.9 cm³/mol. The maximum absolute atomic E-state index is 13.0. The molecule has 1 saturated carbocycles. The van der Waals surface area contributed by atoms with Gasteiger partial charge in [-0.05, 0) is 27.7 Å². The van der Waals surface area contributed by atoms with Crippen molar-refractivity contribution in [3.63, 3.8) is 0 Å². The minimum absolute atomic E-state index is 0.0577. The van der Waals surface area contributed by atoms with Gasteiger partial charge in [0.05, 0.1) is 6.61 Å². The Kier molecular flexibility index (Phi) is 4.07. The Morgan fingerprint density at radius 3 is 2.16 bits per heavy atom. The molecule has 1 amide bonds. The van der Waals surface area contributed by atoms with Crippen molar-refractivity contribution < 1.29 is 27.8 Å². The predicted octanol–water partition coefficient (Wildman–Crippen LogP) is 2.24. The summed E-state index contributed by atoms with van der Waals surface area (Å²) in [6, 6.07) is 0. The van der Waals surface area contributed by atoms with Crippen molar-refractivity contribution in [2.24, 2.45) is 0 Å². The highest BCUT2D eigenvalue weighted by Gasteiger charge is 2.63. The maximum atomic E-state index is 13.0. The molecule has 0 saturated heterocycles. The Morgan fingerprint density at radius 1 is 1.26 bits per heavy atom. The van der Waals surface area contributed by atoms with Crippen LogP contribution in [0.15, 0.2) is 0 Å². The highest BCUT2D eigenvalue weighted by Crippen LogP contribution is 2.46. The number of alkyl halides is 2. The fourth-order valence-electron chi connectivity index (χ4n) is 1.88. The SMILES string of the molecule is CCOC(=O)C1(NC(=O)OC(C)(C)C)CC(F)(F)C1. The molecule has 0 unspecified atom stereocenters. The Labute approximate surface area is 110 Å². The van der Waals surface area contributed by atoms with Gasteiger partial charge in [0.25, 0.3) is 5.92 Å². The molecule has 0 heterocycles. The van der Waals surface area contributed by atoms with Crippen LogP contribution in [0.2, 0.25) is 0 Å². The Bertz CT molecular complexity index is 368. The molecule has 5 nitrogen and oxygen atoms in total. The van der Waals surface area contributed by atoms with Crippen LogP contribution in [0.4, 0.5) is 13.6 Å². The van der Waals surface area contributed by atoms with Gasteiger partial charge < -0.3 is 14.8 Å². The summed E-state index contributed by atoms with van der Waals surface area (Å²) in [6.45, 7) is 6.54. The topological polar surface area (TPSA) is 64.6 Å². The molecule has 0 bridgehead atoms. The lowest BCUT2D eigenvalue weighted by atomic mass is 9.73. The second kappa shape index (κ2) is 4.94. The first-order valence-electron chi connectivity index (χ1n) is 6.06. The third-order valence-corrected chi connectivity index (χ3v) is 2.53. The van der Waals surface area contributed by atoms with Crippen molar-refractivity contribution in [3.05, 3.63) is 0 Å². The van der Waals surface area contributed by atoms with Crippen LogP contribution >= 0.6 is 0 Å². The van der Waals surface area contributed by atoms with E-state index in [0.29, 0.717) is 0 Å². The van der Waals surface area contributed by atoms with E-state index in [0.717, 1.165) is 0 Å². The molecule has 0 aliphatic heterocycles. The minimum atomic E-state index is -2.97. The Hall–Kier alpha value is -1.40. The molecule has 1 N–H and O–H groups in total. The lowest BCUT2D eigenvalue weighted by molar-refractivity contribution is -0.181. The number of nitrogens with one attached hydrogen (secondary N) is 1. The normalized spacial score (nSPS) is 20.1. The van der Waals surface area contributed by atoms with E-state index in [1.807, 2.05) is 0 Å². The van der Waals surface area contributed by atoms with Crippen molar-refractivity contribution in [1.29, 1.82) is 0 Å². The third kappa shape index (κ3) is 4.04. The van der Waals surface area contributed by atoms with Crippen LogP contribution in [-0.4, -0.2) is 35.7 Å². The number of carbonyl (C=O) groups excluding carboxylic acids is 2. The third-order valence-electron chi connectivity index (χ3n) is 2.53. The molecule has 1 rings (SSSR count). The van der Waals surface area contributed by atoms with Crippen LogP contribution in [0.5, 0.6) is 0 Å². The molecule has 110 valence electrons. The maximum Gasteiger partial charge on any atom is 0.408 e. The first-order valence-corrected chi connectivity index (χ1v) is 6.06. The standard InChI is InChI=1S/C12H19F2NO4/c1-5-18-8(16)11(6-12(13,14)7-11)15-9(17)19-10(2,3)4/h5-7H2,1-4H3,(H,15,17). The fourth-order valence-corrected chi connectivity index (χ4v) is 1.88. The number of amides is 1. The van der Waals surface area contributed by atoms with E-state index >= 15 is 0 Å². The molecular weight excluding hydrogens is 260 g/mol. The van der Waals surface area contributed by atoms with E-state index in [4.69, 9.17) is 9.47 Å². The molecule has 0 spiro atoms. The number of hydrogen-bond donors (Lipinski definition) is 1. The minimum Gasteiger partial charge on any atom is -0.464 e. The Morgan fingerprint density at radius 2 is 1.79 bits per heavy atom. The monoisotopic (exact) mass is 279 g/mol. The van der Waals surface area contributed by atoms with Crippen molar-refractivity contribution >= 4 is 12.1 Å². The van der Waals surface area contributed by atoms with Crippen LogP contribution in [0.1, 0.15) is 40.5 Å². The van der Waals surface area contributed by atoms with Gasteiger partial charge in [-0.3, -0.25) is 0 Å². The van der Waals surface area contributed by atoms with E-state index < -0.39 is 42.0 Å². The van der Waals surface area contributed by atoms with Gasteiger partial charge in [-0.1, -0.05) is 0 Å². The quantitative estimate of drug-likeness (QED) is 0.805. The van der Waals surface area contributed by atoms with E-state index in [2.05, 4.69) is 5.32 Å². The number of ether oxygens (including phenoxy) is 2. The van der Waals surface area contributed by atoms with Crippen LogP contribution < -0.4 is 5.32 Å². The molecular formula is C12H19F2NO4. The van der Waals surface area contributed by atoms with Gasteiger partial charge >= 0.3 is 12.1 Å².